The Morgan fingerprint density at radius 2 is 2.00 bits per heavy atom. The van der Waals surface area contributed by atoms with Crippen LogP contribution in [0.25, 0.3) is 11.1 Å². The molecule has 0 atom stereocenters. The van der Waals surface area contributed by atoms with Crippen LogP contribution in [0.2, 0.25) is 0 Å². The molecule has 0 saturated carbocycles. The molecule has 0 fully saturated rings. The van der Waals surface area contributed by atoms with Gasteiger partial charge in [0.25, 0.3) is 0 Å². The minimum absolute atomic E-state index is 0.788. The summed E-state index contributed by atoms with van der Waals surface area (Å²) in [5.74, 6) is 0.833. The molecule has 4 heteroatoms. The monoisotopic (exact) mass is 296 g/mol. The maximum Gasteiger partial charge on any atom is 0.195 e. The van der Waals surface area contributed by atoms with Gasteiger partial charge < -0.3 is 10.2 Å². The van der Waals surface area contributed by atoms with E-state index < -0.39 is 0 Å². The van der Waals surface area contributed by atoms with Crippen LogP contribution in [0, 0.1) is 0 Å². The molecule has 0 radical (unpaired) electrons. The lowest BCUT2D eigenvalue weighted by molar-refractivity contribution is 0.507. The Labute approximate surface area is 110 Å². The molecule has 2 rings (SSSR count). The zero-order chi connectivity index (χ0) is 12.1. The van der Waals surface area contributed by atoms with Crippen LogP contribution in [0.15, 0.2) is 27.1 Å². The molecule has 17 heavy (non-hydrogen) atoms. The fraction of sp³-hybridized carbons (Fsp3) is 0.462. The van der Waals surface area contributed by atoms with Crippen molar-refractivity contribution in [1.82, 2.24) is 4.98 Å². The van der Waals surface area contributed by atoms with E-state index in [4.69, 9.17) is 10.2 Å². The van der Waals surface area contributed by atoms with Crippen LogP contribution in [0.4, 0.5) is 0 Å². The lowest BCUT2D eigenvalue weighted by Crippen LogP contribution is -1.97. The highest BCUT2D eigenvalue weighted by molar-refractivity contribution is 9.10. The fourth-order valence-corrected chi connectivity index (χ4v) is 2.28. The Bertz CT molecular complexity index is 481. The fourth-order valence-electron chi connectivity index (χ4n) is 1.84. The summed E-state index contributed by atoms with van der Waals surface area (Å²) in [6.45, 7) is 0.788. The number of nitrogens with zero attached hydrogens (tertiary/aromatic N) is 1. The van der Waals surface area contributed by atoms with Gasteiger partial charge in [0.15, 0.2) is 11.5 Å². The summed E-state index contributed by atoms with van der Waals surface area (Å²) in [4.78, 5) is 4.47. The second-order valence-electron chi connectivity index (χ2n) is 4.15. The first-order chi connectivity index (χ1) is 8.31. The lowest BCUT2D eigenvalue weighted by atomic mass is 10.1. The van der Waals surface area contributed by atoms with E-state index in [1.54, 1.807) is 0 Å². The molecule has 0 aliphatic carbocycles. The highest BCUT2D eigenvalue weighted by Crippen LogP contribution is 2.25. The van der Waals surface area contributed by atoms with Crippen LogP contribution in [0.1, 0.15) is 31.6 Å². The van der Waals surface area contributed by atoms with Crippen molar-refractivity contribution in [1.29, 1.82) is 0 Å². The van der Waals surface area contributed by atoms with Gasteiger partial charge in [-0.1, -0.05) is 18.9 Å². The number of hydrogen-bond acceptors (Lipinski definition) is 3. The summed E-state index contributed by atoms with van der Waals surface area (Å²) in [5, 5.41) is 0. The van der Waals surface area contributed by atoms with Crippen molar-refractivity contribution >= 4 is 27.0 Å². The van der Waals surface area contributed by atoms with Crippen LogP contribution >= 0.6 is 15.9 Å². The molecular weight excluding hydrogens is 280 g/mol. The van der Waals surface area contributed by atoms with E-state index >= 15 is 0 Å². The van der Waals surface area contributed by atoms with E-state index in [0.29, 0.717) is 0 Å². The number of hydrogen-bond donors (Lipinski definition) is 1. The summed E-state index contributed by atoms with van der Waals surface area (Å²) in [7, 11) is 0. The number of nitrogens with two attached hydrogens (primary N) is 1. The number of fused-ring (bicyclic) bond motifs is 1. The number of rotatable bonds is 6. The molecule has 0 saturated heterocycles. The topological polar surface area (TPSA) is 52.0 Å². The van der Waals surface area contributed by atoms with Crippen molar-refractivity contribution in [2.75, 3.05) is 6.54 Å². The molecule has 1 aromatic carbocycles. The third kappa shape index (κ3) is 3.30. The highest BCUT2D eigenvalue weighted by Gasteiger charge is 2.07. The van der Waals surface area contributed by atoms with Gasteiger partial charge in [-0.05, 0) is 47.4 Å². The van der Waals surface area contributed by atoms with Crippen molar-refractivity contribution in [3.63, 3.8) is 0 Å². The van der Waals surface area contributed by atoms with E-state index in [2.05, 4.69) is 20.9 Å². The maximum atomic E-state index is 5.72. The lowest BCUT2D eigenvalue weighted by Gasteiger charge is -1.96. The number of oxazole rings is 1. The Morgan fingerprint density at radius 3 is 2.76 bits per heavy atom. The zero-order valence-corrected chi connectivity index (χ0v) is 11.4. The average Bonchev–Trinajstić information content (AvgIpc) is 2.73. The van der Waals surface area contributed by atoms with E-state index in [9.17, 15) is 0 Å². The van der Waals surface area contributed by atoms with Gasteiger partial charge in [0.2, 0.25) is 0 Å². The molecule has 0 unspecified atom stereocenters. The van der Waals surface area contributed by atoms with Crippen molar-refractivity contribution < 1.29 is 4.42 Å². The number of benzene rings is 1. The quantitative estimate of drug-likeness (QED) is 0.828. The van der Waals surface area contributed by atoms with E-state index in [0.717, 1.165) is 47.3 Å². The Morgan fingerprint density at radius 1 is 1.18 bits per heavy atom. The maximum absolute atomic E-state index is 5.72. The number of aryl methyl sites for hydroxylation is 1. The largest absolute Gasteiger partial charge is 0.440 e. The summed E-state index contributed by atoms with van der Waals surface area (Å²) < 4.78 is 6.69. The molecule has 0 bridgehead atoms. The van der Waals surface area contributed by atoms with Gasteiger partial charge in [0.1, 0.15) is 5.52 Å². The molecule has 0 aliphatic heterocycles. The number of halogens is 1. The highest BCUT2D eigenvalue weighted by atomic mass is 79.9. The molecule has 2 N–H and O–H groups in total. The van der Waals surface area contributed by atoms with Crippen molar-refractivity contribution in [2.45, 2.75) is 32.1 Å². The van der Waals surface area contributed by atoms with E-state index in [1.807, 2.05) is 18.2 Å². The van der Waals surface area contributed by atoms with Crippen LogP contribution in [-0.2, 0) is 6.42 Å². The second kappa shape index (κ2) is 6.17. The Hall–Kier alpha value is -0.870. The minimum atomic E-state index is 0.788. The van der Waals surface area contributed by atoms with Gasteiger partial charge >= 0.3 is 0 Å². The van der Waals surface area contributed by atoms with Gasteiger partial charge in [-0.3, -0.25) is 0 Å². The number of para-hydroxylation sites is 1. The summed E-state index contributed by atoms with van der Waals surface area (Å²) in [6, 6.07) is 5.92. The Balaban J connectivity index is 1.93. The van der Waals surface area contributed by atoms with E-state index in [-0.39, 0.29) is 0 Å². The normalized spacial score (nSPS) is 11.2. The first kappa shape index (κ1) is 12.6. The van der Waals surface area contributed by atoms with Crippen LogP contribution < -0.4 is 5.73 Å². The van der Waals surface area contributed by atoms with Crippen molar-refractivity contribution in [3.05, 3.63) is 28.6 Å². The molecular formula is C13H17BrN2O. The SMILES string of the molecule is NCCCCCCc1nc2cccc(Br)c2o1. The smallest absolute Gasteiger partial charge is 0.195 e. The minimum Gasteiger partial charge on any atom is -0.440 e. The van der Waals surface area contributed by atoms with Gasteiger partial charge in [0, 0.05) is 6.42 Å². The van der Waals surface area contributed by atoms with Crippen LogP contribution in [0.5, 0.6) is 0 Å². The average molecular weight is 297 g/mol. The van der Waals surface area contributed by atoms with Crippen molar-refractivity contribution in [3.8, 4) is 0 Å². The predicted octanol–water partition coefficient (Wildman–Crippen LogP) is 3.65. The molecule has 3 nitrogen and oxygen atoms in total. The van der Waals surface area contributed by atoms with Gasteiger partial charge in [0.05, 0.1) is 4.47 Å². The van der Waals surface area contributed by atoms with E-state index in [1.165, 1.54) is 12.8 Å². The summed E-state index contributed by atoms with van der Waals surface area (Å²) in [5.41, 5.74) is 7.23. The Kier molecular flexibility index (Phi) is 4.57. The van der Waals surface area contributed by atoms with Gasteiger partial charge in [-0.2, -0.15) is 0 Å². The van der Waals surface area contributed by atoms with Crippen LogP contribution in [0.3, 0.4) is 0 Å². The molecule has 0 aliphatic rings. The molecule has 2 aromatic rings. The summed E-state index contributed by atoms with van der Waals surface area (Å²) >= 11 is 3.46. The number of unbranched alkanes of at least 4 members (excludes halogenated alkanes) is 3. The van der Waals surface area contributed by atoms with Crippen LogP contribution in [-0.4, -0.2) is 11.5 Å². The molecule has 0 amide bonds. The third-order valence-corrected chi connectivity index (χ3v) is 3.38. The summed E-state index contributed by atoms with van der Waals surface area (Å²) in [6.07, 6.45) is 5.52. The predicted molar refractivity (Wildman–Crippen MR) is 72.9 cm³/mol. The first-order valence-corrected chi connectivity index (χ1v) is 6.84. The third-order valence-electron chi connectivity index (χ3n) is 2.76. The molecule has 92 valence electrons. The number of aromatic nitrogens is 1. The molecule has 1 heterocycles. The molecule has 0 spiro atoms. The van der Waals surface area contributed by atoms with Gasteiger partial charge in [-0.15, -0.1) is 0 Å². The van der Waals surface area contributed by atoms with Crippen molar-refractivity contribution in [2.24, 2.45) is 5.73 Å². The standard InChI is InChI=1S/C13H17BrN2O/c14-10-6-5-7-11-13(10)17-12(16-11)8-3-1-2-4-9-15/h5-7H,1-4,8-9,15H2. The zero-order valence-electron chi connectivity index (χ0n) is 9.79. The first-order valence-electron chi connectivity index (χ1n) is 6.05. The second-order valence-corrected chi connectivity index (χ2v) is 5.00. The molecule has 1 aromatic heterocycles. The van der Waals surface area contributed by atoms with Gasteiger partial charge in [-0.25, -0.2) is 4.98 Å².